The van der Waals surface area contributed by atoms with Crippen molar-refractivity contribution in [2.75, 3.05) is 32.8 Å². The van der Waals surface area contributed by atoms with Crippen molar-refractivity contribution in [1.82, 2.24) is 20.0 Å². The van der Waals surface area contributed by atoms with Crippen LogP contribution >= 0.6 is 0 Å². The molecule has 2 saturated heterocycles. The highest BCUT2D eigenvalue weighted by molar-refractivity contribution is 6.07. The van der Waals surface area contributed by atoms with Crippen molar-refractivity contribution in [3.63, 3.8) is 0 Å². The predicted octanol–water partition coefficient (Wildman–Crippen LogP) is 3.59. The fourth-order valence-electron chi connectivity index (χ4n) is 6.25. The molecule has 1 spiro atoms. The molecular weight excluding hydrogens is 404 g/mol. The Kier molecular flexibility index (Phi) is 6.85. The van der Waals surface area contributed by atoms with Crippen LogP contribution in [0.3, 0.4) is 0 Å². The van der Waals surface area contributed by atoms with E-state index in [2.05, 4.69) is 31.0 Å². The molecule has 0 atom stereocenters. The first-order valence-corrected chi connectivity index (χ1v) is 12.9. The van der Waals surface area contributed by atoms with E-state index in [-0.39, 0.29) is 23.3 Å². The summed E-state index contributed by atoms with van der Waals surface area (Å²) in [6.45, 7) is 10.0. The average Bonchev–Trinajstić information content (AvgIpc) is 3.37. The molecule has 2 heterocycles. The Balaban J connectivity index is 1.27. The topological polar surface area (TPSA) is 73.0 Å². The zero-order chi connectivity index (χ0) is 22.9. The minimum absolute atomic E-state index is 0.0463. The minimum atomic E-state index is -0.698. The smallest absolute Gasteiger partial charge is 0.326 e. The Morgan fingerprint density at radius 3 is 2.25 bits per heavy atom. The summed E-state index contributed by atoms with van der Waals surface area (Å²) in [6.07, 6.45) is 10.2. The van der Waals surface area contributed by atoms with Gasteiger partial charge in [0, 0.05) is 32.6 Å². The van der Waals surface area contributed by atoms with Gasteiger partial charge in [0.1, 0.15) is 5.54 Å². The Labute approximate surface area is 193 Å². The first-order valence-electron chi connectivity index (χ1n) is 12.9. The number of nitrogens with one attached hydrogen (secondary N) is 1. The van der Waals surface area contributed by atoms with Crippen LogP contribution < -0.4 is 5.32 Å². The van der Waals surface area contributed by atoms with E-state index < -0.39 is 5.54 Å². The number of hydrogen-bond donors (Lipinski definition) is 1. The summed E-state index contributed by atoms with van der Waals surface area (Å²) in [4.78, 5) is 44.2. The zero-order valence-corrected chi connectivity index (χ0v) is 20.3. The van der Waals surface area contributed by atoms with E-state index in [9.17, 15) is 14.4 Å². The lowest BCUT2D eigenvalue weighted by Gasteiger charge is -2.42. The van der Waals surface area contributed by atoms with Crippen LogP contribution in [0.2, 0.25) is 0 Å². The summed E-state index contributed by atoms with van der Waals surface area (Å²) in [5.41, 5.74) is -0.418. The number of carbonyl (C=O) groups is 3. The highest BCUT2D eigenvalue weighted by atomic mass is 16.2. The standard InChI is InChI=1S/C25H42N4O3/c1-4-24(2,3)20-9-11-25(12-10-20)22(31)29(23(32)26-25)18-27-13-15-28(16-14-27)21(30)17-19-7-5-6-8-19/h19-20H,4-18H2,1-3H3,(H,26,32). The van der Waals surface area contributed by atoms with Gasteiger partial charge in [-0.15, -0.1) is 0 Å². The maximum Gasteiger partial charge on any atom is 0.326 e. The number of nitrogens with zero attached hydrogens (tertiary/aromatic N) is 3. The Bertz CT molecular complexity index is 715. The minimum Gasteiger partial charge on any atom is -0.340 e. The molecule has 32 heavy (non-hydrogen) atoms. The van der Waals surface area contributed by atoms with Crippen LogP contribution in [0.1, 0.15) is 85.0 Å². The van der Waals surface area contributed by atoms with Gasteiger partial charge in [0.25, 0.3) is 5.91 Å². The number of carbonyl (C=O) groups excluding carboxylic acids is 3. The van der Waals surface area contributed by atoms with Gasteiger partial charge in [0.2, 0.25) is 5.91 Å². The molecule has 4 aliphatic rings. The summed E-state index contributed by atoms with van der Waals surface area (Å²) >= 11 is 0. The van der Waals surface area contributed by atoms with Crippen molar-refractivity contribution < 1.29 is 14.4 Å². The highest BCUT2D eigenvalue weighted by Crippen LogP contribution is 2.45. The van der Waals surface area contributed by atoms with Crippen molar-refractivity contribution in [3.8, 4) is 0 Å². The fourth-order valence-corrected chi connectivity index (χ4v) is 6.25. The summed E-state index contributed by atoms with van der Waals surface area (Å²) in [6, 6.07) is -0.247. The summed E-state index contributed by atoms with van der Waals surface area (Å²) < 4.78 is 0. The Morgan fingerprint density at radius 2 is 1.66 bits per heavy atom. The van der Waals surface area contributed by atoms with Crippen LogP contribution in [0, 0.1) is 17.3 Å². The van der Waals surface area contributed by atoms with Gasteiger partial charge in [0.15, 0.2) is 0 Å². The number of imide groups is 1. The molecule has 0 aromatic heterocycles. The molecule has 4 fully saturated rings. The maximum absolute atomic E-state index is 13.3. The van der Waals surface area contributed by atoms with Gasteiger partial charge in [-0.25, -0.2) is 9.69 Å². The van der Waals surface area contributed by atoms with Crippen molar-refractivity contribution in [3.05, 3.63) is 0 Å². The molecular formula is C25H42N4O3. The van der Waals surface area contributed by atoms with E-state index in [4.69, 9.17) is 0 Å². The first kappa shape index (κ1) is 23.5. The molecule has 0 unspecified atom stereocenters. The molecule has 7 heteroatoms. The van der Waals surface area contributed by atoms with Gasteiger partial charge in [-0.05, 0) is 55.8 Å². The van der Waals surface area contributed by atoms with Crippen molar-refractivity contribution in [2.45, 2.75) is 90.5 Å². The first-order chi connectivity index (χ1) is 15.2. The quantitative estimate of drug-likeness (QED) is 0.633. The fraction of sp³-hybridized carbons (Fsp3) is 0.880. The molecule has 4 rings (SSSR count). The predicted molar refractivity (Wildman–Crippen MR) is 124 cm³/mol. The van der Waals surface area contributed by atoms with E-state index in [0.29, 0.717) is 51.1 Å². The van der Waals surface area contributed by atoms with E-state index in [1.165, 1.54) is 30.6 Å². The number of hydrogen-bond acceptors (Lipinski definition) is 4. The molecule has 0 aromatic carbocycles. The summed E-state index contributed by atoms with van der Waals surface area (Å²) in [7, 11) is 0. The van der Waals surface area contributed by atoms with Crippen molar-refractivity contribution in [1.29, 1.82) is 0 Å². The van der Waals surface area contributed by atoms with Crippen LogP contribution in [-0.4, -0.2) is 70.9 Å². The van der Waals surface area contributed by atoms with Gasteiger partial charge in [-0.2, -0.15) is 0 Å². The van der Waals surface area contributed by atoms with E-state index in [0.717, 1.165) is 32.1 Å². The monoisotopic (exact) mass is 446 g/mol. The molecule has 2 aliphatic heterocycles. The van der Waals surface area contributed by atoms with Crippen LogP contribution in [-0.2, 0) is 9.59 Å². The van der Waals surface area contributed by atoms with Crippen molar-refractivity contribution in [2.24, 2.45) is 17.3 Å². The van der Waals surface area contributed by atoms with Gasteiger partial charge >= 0.3 is 6.03 Å². The largest absolute Gasteiger partial charge is 0.340 e. The van der Waals surface area contributed by atoms with Gasteiger partial charge in [-0.3, -0.25) is 14.5 Å². The number of rotatable bonds is 6. The second-order valence-electron chi connectivity index (χ2n) is 11.4. The molecule has 2 saturated carbocycles. The molecule has 180 valence electrons. The third-order valence-electron chi connectivity index (χ3n) is 9.11. The van der Waals surface area contributed by atoms with Crippen LogP contribution in [0.25, 0.3) is 0 Å². The number of piperazine rings is 1. The average molecular weight is 447 g/mol. The number of amides is 4. The lowest BCUT2D eigenvalue weighted by Crippen LogP contribution is -2.54. The second kappa shape index (κ2) is 9.32. The van der Waals surface area contributed by atoms with Crippen LogP contribution in [0.15, 0.2) is 0 Å². The third-order valence-corrected chi connectivity index (χ3v) is 9.11. The third kappa shape index (κ3) is 4.68. The Hall–Kier alpha value is -1.63. The molecule has 2 aliphatic carbocycles. The number of urea groups is 1. The molecule has 4 amide bonds. The molecule has 0 radical (unpaired) electrons. The highest BCUT2D eigenvalue weighted by Gasteiger charge is 2.53. The summed E-state index contributed by atoms with van der Waals surface area (Å²) in [5.74, 6) is 1.40. The summed E-state index contributed by atoms with van der Waals surface area (Å²) in [5, 5.41) is 3.06. The van der Waals surface area contributed by atoms with Gasteiger partial charge in [0.05, 0.1) is 6.67 Å². The molecule has 7 nitrogen and oxygen atoms in total. The van der Waals surface area contributed by atoms with Gasteiger partial charge in [-0.1, -0.05) is 40.0 Å². The molecule has 0 aromatic rings. The lowest BCUT2D eigenvalue weighted by molar-refractivity contribution is -0.137. The zero-order valence-electron chi connectivity index (χ0n) is 20.3. The van der Waals surface area contributed by atoms with E-state index in [1.54, 1.807) is 0 Å². The van der Waals surface area contributed by atoms with Crippen LogP contribution in [0.5, 0.6) is 0 Å². The van der Waals surface area contributed by atoms with E-state index >= 15 is 0 Å². The van der Waals surface area contributed by atoms with Crippen LogP contribution in [0.4, 0.5) is 4.79 Å². The Morgan fingerprint density at radius 1 is 1.03 bits per heavy atom. The molecule has 0 bridgehead atoms. The van der Waals surface area contributed by atoms with Crippen molar-refractivity contribution >= 4 is 17.8 Å². The normalized spacial score (nSPS) is 30.4. The maximum atomic E-state index is 13.3. The lowest BCUT2D eigenvalue weighted by atomic mass is 9.65. The SMILES string of the molecule is CCC(C)(C)C1CCC2(CC1)NC(=O)N(CN1CCN(C(=O)CC3CCCC3)CC1)C2=O. The van der Waals surface area contributed by atoms with Gasteiger partial charge < -0.3 is 10.2 Å². The second-order valence-corrected chi connectivity index (χ2v) is 11.4. The van der Waals surface area contributed by atoms with E-state index in [1.807, 2.05) is 4.90 Å². The molecule has 1 N–H and O–H groups in total.